The number of nitrogens with zero attached hydrogens (tertiary/aromatic N) is 1. The molecule has 1 atom stereocenters. The topological polar surface area (TPSA) is 67.0 Å². The van der Waals surface area contributed by atoms with E-state index in [-0.39, 0.29) is 11.7 Å². The molecule has 0 aliphatic heterocycles. The fraction of sp³-hybridized carbons (Fsp3) is 0.333. The molecular weight excluding hydrogens is 218 g/mol. The quantitative estimate of drug-likeness (QED) is 0.836. The van der Waals surface area contributed by atoms with Crippen LogP contribution in [-0.4, -0.2) is 24.1 Å². The third kappa shape index (κ3) is 2.14. The van der Waals surface area contributed by atoms with Crippen LogP contribution >= 0.6 is 0 Å². The fourth-order valence-electron chi connectivity index (χ4n) is 1.76. The lowest BCUT2D eigenvalue weighted by Gasteiger charge is -2.13. The molecule has 0 radical (unpaired) electrons. The summed E-state index contributed by atoms with van der Waals surface area (Å²) in [4.78, 5) is 18.2. The van der Waals surface area contributed by atoms with Crippen molar-refractivity contribution in [1.82, 2.24) is 15.3 Å². The van der Waals surface area contributed by atoms with Crippen molar-refractivity contribution >= 4 is 10.9 Å². The summed E-state index contributed by atoms with van der Waals surface area (Å²) in [6.07, 6.45) is 0. The maximum atomic E-state index is 11.5. The lowest BCUT2D eigenvalue weighted by atomic mass is 10.1. The molecule has 1 aromatic heterocycles. The van der Waals surface area contributed by atoms with Crippen LogP contribution in [0, 0.1) is 0 Å². The molecule has 2 N–H and O–H groups in total. The lowest BCUT2D eigenvalue weighted by molar-refractivity contribution is 0.415. The largest absolute Gasteiger partial charge is 0.497 e. The van der Waals surface area contributed by atoms with Crippen molar-refractivity contribution in [2.24, 2.45) is 0 Å². The second-order valence-electron chi connectivity index (χ2n) is 3.85. The van der Waals surface area contributed by atoms with E-state index in [2.05, 4.69) is 15.3 Å². The van der Waals surface area contributed by atoms with Gasteiger partial charge in [0.2, 0.25) is 0 Å². The van der Waals surface area contributed by atoms with Crippen molar-refractivity contribution in [3.05, 3.63) is 34.4 Å². The van der Waals surface area contributed by atoms with Gasteiger partial charge in [0.25, 0.3) is 0 Å². The number of methoxy groups -OCH3 is 1. The molecule has 0 saturated heterocycles. The Labute approximate surface area is 98.8 Å². The number of rotatable bonds is 3. The molecule has 0 amide bonds. The maximum Gasteiger partial charge on any atom is 0.345 e. The van der Waals surface area contributed by atoms with E-state index in [0.29, 0.717) is 11.3 Å². The van der Waals surface area contributed by atoms with E-state index in [0.717, 1.165) is 11.1 Å². The SMILES string of the molecule is CNC(C)c1[nH]c(=O)nc2cc(OC)ccc12. The summed E-state index contributed by atoms with van der Waals surface area (Å²) in [6, 6.07) is 5.58. The average molecular weight is 233 g/mol. The number of hydrogen-bond acceptors (Lipinski definition) is 4. The minimum absolute atomic E-state index is 0.0570. The zero-order chi connectivity index (χ0) is 12.4. The van der Waals surface area contributed by atoms with Gasteiger partial charge in [0.1, 0.15) is 5.75 Å². The van der Waals surface area contributed by atoms with Crippen LogP contribution in [0.15, 0.2) is 23.0 Å². The zero-order valence-electron chi connectivity index (χ0n) is 10.1. The molecule has 5 heteroatoms. The molecule has 0 aliphatic rings. The minimum atomic E-state index is -0.345. The van der Waals surface area contributed by atoms with E-state index >= 15 is 0 Å². The summed E-state index contributed by atoms with van der Waals surface area (Å²) < 4.78 is 5.12. The van der Waals surface area contributed by atoms with Gasteiger partial charge in [0.05, 0.1) is 12.6 Å². The normalized spacial score (nSPS) is 12.6. The van der Waals surface area contributed by atoms with E-state index in [4.69, 9.17) is 4.74 Å². The number of hydrogen-bond donors (Lipinski definition) is 2. The molecule has 1 heterocycles. The van der Waals surface area contributed by atoms with Crippen LogP contribution in [0.2, 0.25) is 0 Å². The first-order chi connectivity index (χ1) is 8.15. The second kappa shape index (κ2) is 4.55. The van der Waals surface area contributed by atoms with Crippen molar-refractivity contribution in [2.75, 3.05) is 14.2 Å². The Kier molecular flexibility index (Phi) is 3.10. The number of benzene rings is 1. The molecule has 0 bridgehead atoms. The first-order valence-corrected chi connectivity index (χ1v) is 5.41. The highest BCUT2D eigenvalue weighted by Gasteiger charge is 2.10. The zero-order valence-corrected chi connectivity index (χ0v) is 10.1. The van der Waals surface area contributed by atoms with Crippen molar-refractivity contribution in [1.29, 1.82) is 0 Å². The summed E-state index contributed by atoms with van der Waals surface area (Å²) in [5, 5.41) is 4.02. The van der Waals surface area contributed by atoms with E-state index in [9.17, 15) is 4.79 Å². The molecule has 0 spiro atoms. The predicted octanol–water partition coefficient (Wildman–Crippen LogP) is 1.21. The molecule has 1 unspecified atom stereocenters. The predicted molar refractivity (Wildman–Crippen MR) is 66.4 cm³/mol. The van der Waals surface area contributed by atoms with Gasteiger partial charge in [-0.3, -0.25) is 0 Å². The maximum absolute atomic E-state index is 11.5. The molecule has 90 valence electrons. The van der Waals surface area contributed by atoms with Crippen molar-refractivity contribution in [2.45, 2.75) is 13.0 Å². The highest BCUT2D eigenvalue weighted by molar-refractivity contribution is 5.82. The highest BCUT2D eigenvalue weighted by atomic mass is 16.5. The van der Waals surface area contributed by atoms with Crippen molar-refractivity contribution in [3.63, 3.8) is 0 Å². The van der Waals surface area contributed by atoms with Crippen LogP contribution in [0.1, 0.15) is 18.7 Å². The third-order valence-electron chi connectivity index (χ3n) is 2.82. The minimum Gasteiger partial charge on any atom is -0.497 e. The van der Waals surface area contributed by atoms with Gasteiger partial charge in [-0.2, -0.15) is 4.98 Å². The van der Waals surface area contributed by atoms with Crippen LogP contribution in [0.25, 0.3) is 10.9 Å². The summed E-state index contributed by atoms with van der Waals surface area (Å²) in [5.41, 5.74) is 1.14. The molecule has 0 saturated carbocycles. The van der Waals surface area contributed by atoms with Gasteiger partial charge in [0.15, 0.2) is 0 Å². The molecule has 0 aliphatic carbocycles. The molecule has 1 aromatic carbocycles. The number of fused-ring (bicyclic) bond motifs is 1. The Morgan fingerprint density at radius 2 is 2.24 bits per heavy atom. The van der Waals surface area contributed by atoms with Gasteiger partial charge >= 0.3 is 5.69 Å². The Balaban J connectivity index is 2.72. The monoisotopic (exact) mass is 233 g/mol. The molecule has 5 nitrogen and oxygen atoms in total. The van der Waals surface area contributed by atoms with E-state index in [1.807, 2.05) is 26.1 Å². The number of nitrogens with one attached hydrogen (secondary N) is 2. The molecule has 17 heavy (non-hydrogen) atoms. The van der Waals surface area contributed by atoms with Crippen molar-refractivity contribution in [3.8, 4) is 5.75 Å². The lowest BCUT2D eigenvalue weighted by Crippen LogP contribution is -2.20. The van der Waals surface area contributed by atoms with Crippen LogP contribution in [0.4, 0.5) is 0 Å². The number of ether oxygens (including phenoxy) is 1. The van der Waals surface area contributed by atoms with Crippen molar-refractivity contribution < 1.29 is 4.74 Å². The highest BCUT2D eigenvalue weighted by Crippen LogP contribution is 2.23. The Bertz CT molecular complexity index is 592. The van der Waals surface area contributed by atoms with Crippen LogP contribution in [0.3, 0.4) is 0 Å². The van der Waals surface area contributed by atoms with Gasteiger partial charge in [-0.15, -0.1) is 0 Å². The standard InChI is InChI=1S/C12H15N3O2/c1-7(13-2)11-9-5-4-8(17-3)6-10(9)14-12(16)15-11/h4-7,13H,1-3H3,(H,14,15,16). The summed E-state index contributed by atoms with van der Waals surface area (Å²) >= 11 is 0. The molecule has 2 aromatic rings. The van der Waals surface area contributed by atoms with Crippen LogP contribution in [0.5, 0.6) is 5.75 Å². The summed E-state index contributed by atoms with van der Waals surface area (Å²) in [7, 11) is 3.43. The smallest absolute Gasteiger partial charge is 0.345 e. The van der Waals surface area contributed by atoms with E-state index < -0.39 is 0 Å². The van der Waals surface area contributed by atoms with Gasteiger partial charge in [-0.25, -0.2) is 4.79 Å². The Morgan fingerprint density at radius 1 is 1.47 bits per heavy atom. The summed E-state index contributed by atoms with van der Waals surface area (Å²) in [6.45, 7) is 1.98. The van der Waals surface area contributed by atoms with Crippen LogP contribution in [-0.2, 0) is 0 Å². The fourth-order valence-corrected chi connectivity index (χ4v) is 1.76. The van der Waals surface area contributed by atoms with Gasteiger partial charge in [0, 0.05) is 23.2 Å². The Morgan fingerprint density at radius 3 is 2.88 bits per heavy atom. The molecule has 2 rings (SSSR count). The van der Waals surface area contributed by atoms with E-state index in [1.54, 1.807) is 13.2 Å². The first kappa shape index (κ1) is 11.6. The van der Waals surface area contributed by atoms with Gasteiger partial charge in [-0.05, 0) is 26.1 Å². The first-order valence-electron chi connectivity index (χ1n) is 5.41. The van der Waals surface area contributed by atoms with E-state index in [1.165, 1.54) is 0 Å². The second-order valence-corrected chi connectivity index (χ2v) is 3.85. The Hall–Kier alpha value is -1.88. The summed E-state index contributed by atoms with van der Waals surface area (Å²) in [5.74, 6) is 0.693. The average Bonchev–Trinajstić information content (AvgIpc) is 2.35. The van der Waals surface area contributed by atoms with Gasteiger partial charge < -0.3 is 15.0 Å². The number of H-pyrrole nitrogens is 1. The third-order valence-corrected chi connectivity index (χ3v) is 2.82. The van der Waals surface area contributed by atoms with Gasteiger partial charge in [-0.1, -0.05) is 0 Å². The number of aromatic amines is 1. The van der Waals surface area contributed by atoms with Crippen LogP contribution < -0.4 is 15.7 Å². The molecule has 0 fully saturated rings. The number of aromatic nitrogens is 2. The molecular formula is C12H15N3O2.